The Hall–Kier alpha value is -0.730. The minimum absolute atomic E-state index is 0.500. The van der Waals surface area contributed by atoms with Gasteiger partial charge in [-0.05, 0) is 42.9 Å². The fourth-order valence-corrected chi connectivity index (χ4v) is 3.38. The van der Waals surface area contributed by atoms with E-state index in [0.29, 0.717) is 6.04 Å². The normalized spacial score (nSPS) is 19.9. The first kappa shape index (κ1) is 16.6. The summed E-state index contributed by atoms with van der Waals surface area (Å²) in [6, 6.07) is 7.03. The van der Waals surface area contributed by atoms with Gasteiger partial charge in [-0.25, -0.2) is 0 Å². The van der Waals surface area contributed by atoms with Gasteiger partial charge < -0.3 is 10.2 Å². The summed E-state index contributed by atoms with van der Waals surface area (Å²) in [6.07, 6.45) is 5.25. The molecule has 21 heavy (non-hydrogen) atoms. The average Bonchev–Trinajstić information content (AvgIpc) is 2.70. The first-order valence-corrected chi connectivity index (χ1v) is 8.74. The number of rotatable bonds is 5. The Morgan fingerprint density at radius 2 is 2.10 bits per heavy atom. The Balaban J connectivity index is 2.02. The zero-order valence-electron chi connectivity index (χ0n) is 13.7. The molecule has 1 heterocycles. The molecular weight excluding hydrogens is 280 g/mol. The Labute approximate surface area is 134 Å². The summed E-state index contributed by atoms with van der Waals surface area (Å²) in [5.41, 5.74) is 2.47. The van der Waals surface area contributed by atoms with Crippen molar-refractivity contribution < 1.29 is 0 Å². The molecule has 0 aliphatic carbocycles. The summed E-state index contributed by atoms with van der Waals surface area (Å²) in [5, 5.41) is 4.34. The van der Waals surface area contributed by atoms with Crippen LogP contribution >= 0.6 is 11.6 Å². The molecule has 1 unspecified atom stereocenters. The monoisotopic (exact) mass is 308 g/mol. The van der Waals surface area contributed by atoms with Crippen LogP contribution in [0, 0.1) is 5.92 Å². The maximum atomic E-state index is 6.53. The summed E-state index contributed by atoms with van der Waals surface area (Å²) >= 11 is 6.53. The fraction of sp³-hybridized carbons (Fsp3) is 0.667. The molecule has 1 aliphatic rings. The van der Waals surface area contributed by atoms with Crippen molar-refractivity contribution in [3.05, 3.63) is 28.8 Å². The molecule has 0 saturated carbocycles. The summed E-state index contributed by atoms with van der Waals surface area (Å²) in [6.45, 7) is 9.80. The second kappa shape index (κ2) is 8.05. The van der Waals surface area contributed by atoms with E-state index in [4.69, 9.17) is 11.6 Å². The number of anilines is 1. The average molecular weight is 309 g/mol. The van der Waals surface area contributed by atoms with E-state index >= 15 is 0 Å². The summed E-state index contributed by atoms with van der Waals surface area (Å²) in [4.78, 5) is 2.47. The van der Waals surface area contributed by atoms with Crippen molar-refractivity contribution in [3.63, 3.8) is 0 Å². The Morgan fingerprint density at radius 1 is 1.29 bits per heavy atom. The van der Waals surface area contributed by atoms with Crippen molar-refractivity contribution in [1.82, 2.24) is 5.32 Å². The molecule has 0 bridgehead atoms. The highest BCUT2D eigenvalue weighted by Gasteiger charge is 2.17. The molecule has 1 fully saturated rings. The smallest absolute Gasteiger partial charge is 0.0642 e. The van der Waals surface area contributed by atoms with Gasteiger partial charge in [-0.3, -0.25) is 0 Å². The third-order valence-corrected chi connectivity index (χ3v) is 4.79. The van der Waals surface area contributed by atoms with Crippen LogP contribution in [0.15, 0.2) is 18.2 Å². The molecule has 1 aliphatic heterocycles. The molecule has 1 atom stereocenters. The highest BCUT2D eigenvalue weighted by molar-refractivity contribution is 6.33. The van der Waals surface area contributed by atoms with Crippen LogP contribution in [0.5, 0.6) is 0 Å². The lowest BCUT2D eigenvalue weighted by Crippen LogP contribution is -2.25. The number of halogens is 1. The van der Waals surface area contributed by atoms with Gasteiger partial charge in [0.15, 0.2) is 0 Å². The van der Waals surface area contributed by atoms with E-state index in [2.05, 4.69) is 49.2 Å². The lowest BCUT2D eigenvalue weighted by Gasteiger charge is -2.24. The lowest BCUT2D eigenvalue weighted by molar-refractivity contribution is 0.459. The van der Waals surface area contributed by atoms with E-state index < -0.39 is 0 Å². The molecule has 1 saturated heterocycles. The molecule has 2 nitrogen and oxygen atoms in total. The van der Waals surface area contributed by atoms with Crippen molar-refractivity contribution in [2.24, 2.45) is 5.92 Å². The topological polar surface area (TPSA) is 15.3 Å². The molecule has 0 amide bonds. The molecule has 0 aromatic heterocycles. The van der Waals surface area contributed by atoms with E-state index in [1.807, 2.05) is 0 Å². The minimum atomic E-state index is 0.500. The van der Waals surface area contributed by atoms with E-state index in [1.165, 1.54) is 36.9 Å². The molecular formula is C18H29ClN2. The highest BCUT2D eigenvalue weighted by Crippen LogP contribution is 2.30. The van der Waals surface area contributed by atoms with Gasteiger partial charge in [0.05, 0.1) is 10.7 Å². The summed E-state index contributed by atoms with van der Waals surface area (Å²) in [7, 11) is 0. The molecule has 0 radical (unpaired) electrons. The zero-order chi connectivity index (χ0) is 15.2. The summed E-state index contributed by atoms with van der Waals surface area (Å²) < 4.78 is 0. The molecule has 1 N–H and O–H groups in total. The SMILES string of the molecule is CCC1CCCN(c2ccc(CNC(C)C)cc2Cl)CC1. The van der Waals surface area contributed by atoms with Gasteiger partial charge in [0, 0.05) is 25.7 Å². The van der Waals surface area contributed by atoms with Crippen LogP contribution in [-0.2, 0) is 6.54 Å². The molecule has 2 rings (SSSR count). The van der Waals surface area contributed by atoms with Crippen LogP contribution in [0.1, 0.15) is 52.0 Å². The van der Waals surface area contributed by atoms with Gasteiger partial charge >= 0.3 is 0 Å². The molecule has 0 spiro atoms. The van der Waals surface area contributed by atoms with Crippen molar-refractivity contribution in [2.75, 3.05) is 18.0 Å². The third kappa shape index (κ3) is 4.89. The van der Waals surface area contributed by atoms with E-state index in [-0.39, 0.29) is 0 Å². The predicted octanol–water partition coefficient (Wildman–Crippen LogP) is 4.85. The fourth-order valence-electron chi connectivity index (χ4n) is 3.05. The van der Waals surface area contributed by atoms with Crippen LogP contribution in [0.3, 0.4) is 0 Å². The van der Waals surface area contributed by atoms with Gasteiger partial charge in [0.2, 0.25) is 0 Å². The van der Waals surface area contributed by atoms with Gasteiger partial charge in [-0.1, -0.05) is 44.9 Å². The number of hydrogen-bond acceptors (Lipinski definition) is 2. The van der Waals surface area contributed by atoms with E-state index in [0.717, 1.165) is 30.6 Å². The maximum Gasteiger partial charge on any atom is 0.0642 e. The van der Waals surface area contributed by atoms with Gasteiger partial charge in [0.1, 0.15) is 0 Å². The molecule has 1 aromatic rings. The maximum absolute atomic E-state index is 6.53. The second-order valence-electron chi connectivity index (χ2n) is 6.51. The lowest BCUT2D eigenvalue weighted by atomic mass is 9.98. The third-order valence-electron chi connectivity index (χ3n) is 4.49. The van der Waals surface area contributed by atoms with Crippen molar-refractivity contribution in [3.8, 4) is 0 Å². The van der Waals surface area contributed by atoms with Crippen LogP contribution in [0.2, 0.25) is 5.02 Å². The van der Waals surface area contributed by atoms with Crippen molar-refractivity contribution >= 4 is 17.3 Å². The van der Waals surface area contributed by atoms with Crippen LogP contribution < -0.4 is 10.2 Å². The number of hydrogen-bond donors (Lipinski definition) is 1. The molecule has 1 aromatic carbocycles. The Bertz CT molecular complexity index is 445. The van der Waals surface area contributed by atoms with Crippen LogP contribution in [-0.4, -0.2) is 19.1 Å². The van der Waals surface area contributed by atoms with Gasteiger partial charge in [0.25, 0.3) is 0 Å². The number of nitrogens with one attached hydrogen (secondary N) is 1. The highest BCUT2D eigenvalue weighted by atomic mass is 35.5. The molecule has 3 heteroatoms. The van der Waals surface area contributed by atoms with E-state index in [9.17, 15) is 0 Å². The van der Waals surface area contributed by atoms with Gasteiger partial charge in [-0.2, -0.15) is 0 Å². The van der Waals surface area contributed by atoms with Crippen molar-refractivity contribution in [1.29, 1.82) is 0 Å². The van der Waals surface area contributed by atoms with E-state index in [1.54, 1.807) is 0 Å². The number of benzene rings is 1. The quantitative estimate of drug-likeness (QED) is 0.836. The van der Waals surface area contributed by atoms with Crippen molar-refractivity contribution in [2.45, 2.75) is 59.0 Å². The zero-order valence-corrected chi connectivity index (χ0v) is 14.4. The first-order chi connectivity index (χ1) is 10.1. The van der Waals surface area contributed by atoms with Crippen LogP contribution in [0.25, 0.3) is 0 Å². The molecule has 118 valence electrons. The Morgan fingerprint density at radius 3 is 2.76 bits per heavy atom. The first-order valence-electron chi connectivity index (χ1n) is 8.37. The standard InChI is InChI=1S/C18H29ClN2/c1-4-15-6-5-10-21(11-9-15)18-8-7-16(12-17(18)19)13-20-14(2)3/h7-8,12,14-15,20H,4-6,9-11,13H2,1-3H3. The summed E-state index contributed by atoms with van der Waals surface area (Å²) in [5.74, 6) is 0.892. The predicted molar refractivity (Wildman–Crippen MR) is 93.3 cm³/mol. The largest absolute Gasteiger partial charge is 0.370 e. The second-order valence-corrected chi connectivity index (χ2v) is 6.92. The minimum Gasteiger partial charge on any atom is -0.370 e. The van der Waals surface area contributed by atoms with Crippen LogP contribution in [0.4, 0.5) is 5.69 Å². The van der Waals surface area contributed by atoms with Gasteiger partial charge in [-0.15, -0.1) is 0 Å². The Kier molecular flexibility index (Phi) is 6.38. The number of nitrogens with zero attached hydrogens (tertiary/aromatic N) is 1.